The second kappa shape index (κ2) is 20.0. The highest BCUT2D eigenvalue weighted by Gasteiger charge is 2.48. The van der Waals surface area contributed by atoms with Crippen molar-refractivity contribution in [1.29, 1.82) is 0 Å². The van der Waals surface area contributed by atoms with E-state index in [4.69, 9.17) is 13.3 Å². The van der Waals surface area contributed by atoms with Crippen molar-refractivity contribution in [2.45, 2.75) is 216 Å². The standard InChI is InChI=1S/C45H87NO5SSi3/c1-32(26-27-38(50-54(19,20)43(9,10)11)34(3)30-37-31-52-36(5)46-37)24-23-25-33(2)40(47)35(4)41(48)45(15,16)39(51-55(21,22)44(12,13)14)28-29-49-53(17,18)42(6,7)8/h26,30-31,33,35,38-40,47H,23-25,27-29H2,1-22H3/b32-26-,34-30+/t33-,35+,38-,39-,40-/m1/s1. The lowest BCUT2D eigenvalue weighted by atomic mass is 9.73. The summed E-state index contributed by atoms with van der Waals surface area (Å²) in [5.74, 6) is -0.438. The number of aromatic nitrogens is 1. The van der Waals surface area contributed by atoms with Crippen LogP contribution in [0.1, 0.15) is 147 Å². The van der Waals surface area contributed by atoms with Crippen LogP contribution in [0.5, 0.6) is 0 Å². The van der Waals surface area contributed by atoms with Gasteiger partial charge in [0, 0.05) is 23.3 Å². The molecule has 0 fully saturated rings. The number of thiazole rings is 1. The Morgan fingerprint density at radius 2 is 1.35 bits per heavy atom. The molecule has 1 aromatic rings. The van der Waals surface area contributed by atoms with Crippen LogP contribution in [0.4, 0.5) is 0 Å². The SMILES string of the molecule is C/C(=C/C[C@@H](O[Si](C)(C)C(C)(C)C)/C(C)=C/c1csc(C)n1)CCC[C@@H](C)[C@@H](O)[C@H](C)C(=O)C(C)(C)[C@@H](CCO[Si](C)(C)C(C)(C)C)O[Si](C)(C)C(C)(C)C. The molecule has 10 heteroatoms. The van der Waals surface area contributed by atoms with E-state index >= 15 is 0 Å². The van der Waals surface area contributed by atoms with Gasteiger partial charge < -0.3 is 18.4 Å². The van der Waals surface area contributed by atoms with E-state index in [1.54, 1.807) is 11.3 Å². The molecule has 0 unspecified atom stereocenters. The Bertz CT molecular complexity index is 1420. The predicted octanol–water partition coefficient (Wildman–Crippen LogP) is 13.8. The van der Waals surface area contributed by atoms with Crippen molar-refractivity contribution in [1.82, 2.24) is 4.98 Å². The highest BCUT2D eigenvalue weighted by molar-refractivity contribution is 7.09. The summed E-state index contributed by atoms with van der Waals surface area (Å²) in [7, 11) is -6.17. The van der Waals surface area contributed by atoms with E-state index in [0.29, 0.717) is 13.0 Å². The van der Waals surface area contributed by atoms with Gasteiger partial charge in [0.1, 0.15) is 5.78 Å². The number of carbonyl (C=O) groups excluding carboxylic acids is 1. The molecule has 0 bridgehead atoms. The maximum atomic E-state index is 14.4. The Labute approximate surface area is 347 Å². The lowest BCUT2D eigenvalue weighted by Gasteiger charge is -2.45. The molecule has 0 aliphatic rings. The van der Waals surface area contributed by atoms with Crippen molar-refractivity contribution < 1.29 is 23.2 Å². The van der Waals surface area contributed by atoms with Gasteiger partial charge in [0.25, 0.3) is 0 Å². The van der Waals surface area contributed by atoms with Gasteiger partial charge in [-0.2, -0.15) is 0 Å². The molecule has 1 rings (SSSR count). The molecule has 1 N–H and O–H groups in total. The third kappa shape index (κ3) is 15.4. The molecule has 0 aliphatic carbocycles. The van der Waals surface area contributed by atoms with E-state index < -0.39 is 42.4 Å². The topological polar surface area (TPSA) is 77.9 Å². The molecule has 1 heterocycles. The normalized spacial score (nSPS) is 17.6. The Kier molecular flexibility index (Phi) is 19.0. The molecule has 5 atom stereocenters. The number of nitrogens with zero attached hydrogens (tertiary/aromatic N) is 1. The first-order chi connectivity index (χ1) is 24.6. The van der Waals surface area contributed by atoms with Gasteiger partial charge in [-0.05, 0) is 125 Å². The van der Waals surface area contributed by atoms with Crippen LogP contribution >= 0.6 is 11.3 Å². The van der Waals surface area contributed by atoms with E-state index in [-0.39, 0.29) is 39.0 Å². The monoisotopic (exact) mass is 838 g/mol. The maximum Gasteiger partial charge on any atom is 0.192 e. The van der Waals surface area contributed by atoms with Gasteiger partial charge >= 0.3 is 0 Å². The highest BCUT2D eigenvalue weighted by Crippen LogP contribution is 2.43. The van der Waals surface area contributed by atoms with E-state index in [1.807, 2.05) is 27.7 Å². The smallest absolute Gasteiger partial charge is 0.192 e. The Morgan fingerprint density at radius 1 is 0.836 bits per heavy atom. The molecule has 320 valence electrons. The number of aliphatic hydroxyl groups is 1. The quantitative estimate of drug-likeness (QED) is 0.0981. The molecule has 1 aromatic heterocycles. The van der Waals surface area contributed by atoms with Crippen molar-refractivity contribution in [3.63, 3.8) is 0 Å². The van der Waals surface area contributed by atoms with Gasteiger partial charge in [0.2, 0.25) is 0 Å². The summed E-state index contributed by atoms with van der Waals surface area (Å²) >= 11 is 1.67. The summed E-state index contributed by atoms with van der Waals surface area (Å²) in [6.07, 6.45) is 7.73. The van der Waals surface area contributed by atoms with E-state index in [0.717, 1.165) is 36.4 Å². The molecule has 55 heavy (non-hydrogen) atoms. The molecule has 0 spiro atoms. The fraction of sp³-hybridized carbons (Fsp3) is 0.822. The fourth-order valence-corrected chi connectivity index (χ4v) is 10.5. The lowest BCUT2D eigenvalue weighted by molar-refractivity contribution is -0.141. The van der Waals surface area contributed by atoms with Crippen LogP contribution in [0, 0.1) is 24.2 Å². The molecular formula is C45H87NO5SSi3. The zero-order valence-electron chi connectivity index (χ0n) is 39.8. The van der Waals surface area contributed by atoms with Crippen molar-refractivity contribution >= 4 is 48.1 Å². The Hall–Kier alpha value is -0.729. The zero-order valence-corrected chi connectivity index (χ0v) is 43.6. The molecule has 0 radical (unpaired) electrons. The summed E-state index contributed by atoms with van der Waals surface area (Å²) in [6.45, 7) is 49.1. The number of rotatable bonds is 21. The number of ketones is 1. The van der Waals surface area contributed by atoms with Crippen molar-refractivity contribution in [3.05, 3.63) is 33.3 Å². The van der Waals surface area contributed by atoms with Crippen molar-refractivity contribution in [3.8, 4) is 0 Å². The van der Waals surface area contributed by atoms with Gasteiger partial charge in [-0.3, -0.25) is 4.79 Å². The van der Waals surface area contributed by atoms with Gasteiger partial charge in [-0.1, -0.05) is 102 Å². The predicted molar refractivity (Wildman–Crippen MR) is 248 cm³/mol. The van der Waals surface area contributed by atoms with E-state index in [2.05, 4.69) is 145 Å². The second-order valence-electron chi connectivity index (χ2n) is 21.8. The Morgan fingerprint density at radius 3 is 1.82 bits per heavy atom. The van der Waals surface area contributed by atoms with Crippen LogP contribution in [0.25, 0.3) is 6.08 Å². The molecule has 0 aliphatic heterocycles. The number of Topliss-reactive ketones (excluding diaryl/α,β-unsaturated/α-hetero) is 1. The van der Waals surface area contributed by atoms with E-state index in [1.165, 1.54) is 11.1 Å². The number of aryl methyl sites for hydroxylation is 1. The minimum Gasteiger partial charge on any atom is -0.417 e. The third-order valence-electron chi connectivity index (χ3n) is 13.5. The van der Waals surface area contributed by atoms with Crippen molar-refractivity contribution in [2.24, 2.45) is 17.3 Å². The maximum absolute atomic E-state index is 14.4. The summed E-state index contributed by atoms with van der Waals surface area (Å²) in [6, 6.07) is 0. The summed E-state index contributed by atoms with van der Waals surface area (Å²) in [4.78, 5) is 19.1. The number of aliphatic hydroxyl groups excluding tert-OH is 1. The third-order valence-corrected chi connectivity index (χ3v) is 27.8. The molecule has 0 amide bonds. The second-order valence-corrected chi connectivity index (χ2v) is 37.2. The highest BCUT2D eigenvalue weighted by atomic mass is 32.1. The molecule has 0 saturated heterocycles. The Balaban J connectivity index is 3.07. The van der Waals surface area contributed by atoms with Crippen LogP contribution in [-0.2, 0) is 18.1 Å². The van der Waals surface area contributed by atoms with Crippen LogP contribution in [0.2, 0.25) is 54.4 Å². The summed E-state index contributed by atoms with van der Waals surface area (Å²) < 4.78 is 20.6. The first-order valence-electron chi connectivity index (χ1n) is 21.1. The minimum atomic E-state index is -2.20. The average molecular weight is 839 g/mol. The molecule has 0 aromatic carbocycles. The first kappa shape index (κ1) is 52.3. The largest absolute Gasteiger partial charge is 0.417 e. The van der Waals surface area contributed by atoms with Crippen LogP contribution in [0.3, 0.4) is 0 Å². The van der Waals surface area contributed by atoms with Gasteiger partial charge in [0.05, 0.1) is 29.0 Å². The van der Waals surface area contributed by atoms with Gasteiger partial charge in [-0.25, -0.2) is 4.98 Å². The summed E-state index contributed by atoms with van der Waals surface area (Å²) in [5.41, 5.74) is 2.76. The number of allylic oxidation sites excluding steroid dienone is 1. The minimum absolute atomic E-state index is 0.00290. The molecule has 6 nitrogen and oxygen atoms in total. The molecule has 0 saturated carbocycles. The average Bonchev–Trinajstić information content (AvgIpc) is 3.43. The van der Waals surface area contributed by atoms with Gasteiger partial charge in [-0.15, -0.1) is 11.3 Å². The zero-order chi connectivity index (χ0) is 43.2. The van der Waals surface area contributed by atoms with E-state index in [9.17, 15) is 9.90 Å². The van der Waals surface area contributed by atoms with Crippen LogP contribution in [0.15, 0.2) is 22.6 Å². The molecular weight excluding hydrogens is 751 g/mol. The fourth-order valence-electron chi connectivity index (χ4n) is 6.05. The van der Waals surface area contributed by atoms with Gasteiger partial charge in [0.15, 0.2) is 25.0 Å². The number of carbonyl (C=O) groups is 1. The van der Waals surface area contributed by atoms with Crippen molar-refractivity contribution in [2.75, 3.05) is 6.61 Å². The van der Waals surface area contributed by atoms with Crippen LogP contribution < -0.4 is 0 Å². The van der Waals surface area contributed by atoms with Crippen LogP contribution in [-0.4, -0.2) is 65.7 Å². The number of hydrogen-bond acceptors (Lipinski definition) is 7. The lowest BCUT2D eigenvalue weighted by Crippen LogP contribution is -2.52. The first-order valence-corrected chi connectivity index (χ1v) is 30.7. The number of hydrogen-bond donors (Lipinski definition) is 1. The summed E-state index contributed by atoms with van der Waals surface area (Å²) in [5, 5.41) is 15.0.